The molecule has 0 aromatic rings. The first kappa shape index (κ1) is 9.56. The summed E-state index contributed by atoms with van der Waals surface area (Å²) in [4.78, 5) is 4.83. The SMILES string of the molecule is CC(C)CON=C(N)CCl. The van der Waals surface area contributed by atoms with Gasteiger partial charge >= 0.3 is 0 Å². The summed E-state index contributed by atoms with van der Waals surface area (Å²) in [7, 11) is 0. The Labute approximate surface area is 66.2 Å². The summed E-state index contributed by atoms with van der Waals surface area (Å²) in [6.45, 7) is 4.65. The van der Waals surface area contributed by atoms with Crippen molar-refractivity contribution < 1.29 is 4.84 Å². The van der Waals surface area contributed by atoms with E-state index >= 15 is 0 Å². The Bertz CT molecular complexity index is 114. The highest BCUT2D eigenvalue weighted by Crippen LogP contribution is 1.92. The van der Waals surface area contributed by atoms with Gasteiger partial charge in [-0.25, -0.2) is 0 Å². The number of halogens is 1. The van der Waals surface area contributed by atoms with Gasteiger partial charge in [0.05, 0.1) is 5.88 Å². The second kappa shape index (κ2) is 5.35. The molecule has 0 aromatic carbocycles. The molecule has 0 rings (SSSR count). The summed E-state index contributed by atoms with van der Waals surface area (Å²) in [6, 6.07) is 0. The average molecular weight is 165 g/mol. The Morgan fingerprint density at radius 3 is 2.70 bits per heavy atom. The van der Waals surface area contributed by atoms with Gasteiger partial charge in [-0.05, 0) is 5.92 Å². The molecule has 0 spiro atoms. The van der Waals surface area contributed by atoms with E-state index in [9.17, 15) is 0 Å². The second-order valence-corrected chi connectivity index (χ2v) is 2.67. The molecule has 0 aliphatic rings. The average Bonchev–Trinajstić information content (AvgIpc) is 1.87. The molecule has 0 unspecified atom stereocenters. The van der Waals surface area contributed by atoms with Crippen molar-refractivity contribution in [1.82, 2.24) is 0 Å². The first-order chi connectivity index (χ1) is 4.66. The van der Waals surface area contributed by atoms with Gasteiger partial charge in [0, 0.05) is 0 Å². The summed E-state index contributed by atoms with van der Waals surface area (Å²) >= 11 is 5.33. The Hall–Kier alpha value is -0.440. The summed E-state index contributed by atoms with van der Waals surface area (Å²) in [5, 5.41) is 3.55. The third-order valence-electron chi connectivity index (χ3n) is 0.727. The number of nitrogens with two attached hydrogens (primary N) is 1. The van der Waals surface area contributed by atoms with Crippen LogP contribution < -0.4 is 5.73 Å². The van der Waals surface area contributed by atoms with Gasteiger partial charge in [-0.3, -0.25) is 0 Å². The summed E-state index contributed by atoms with van der Waals surface area (Å²) < 4.78 is 0. The quantitative estimate of drug-likeness (QED) is 0.294. The van der Waals surface area contributed by atoms with E-state index in [2.05, 4.69) is 5.16 Å². The maximum Gasteiger partial charge on any atom is 0.154 e. The molecule has 0 aliphatic heterocycles. The van der Waals surface area contributed by atoms with Crippen molar-refractivity contribution in [2.45, 2.75) is 13.8 Å². The predicted octanol–water partition coefficient (Wildman–Crippen LogP) is 1.17. The molecule has 4 heteroatoms. The Balaban J connectivity index is 3.34. The van der Waals surface area contributed by atoms with Crippen LogP contribution in [0.25, 0.3) is 0 Å². The summed E-state index contributed by atoms with van der Waals surface area (Å²) in [5.41, 5.74) is 5.25. The molecule has 0 heterocycles. The van der Waals surface area contributed by atoms with E-state index in [1.165, 1.54) is 0 Å². The van der Waals surface area contributed by atoms with Crippen molar-refractivity contribution >= 4 is 17.4 Å². The zero-order valence-electron chi connectivity index (χ0n) is 6.30. The minimum absolute atomic E-state index is 0.220. The molecule has 0 radical (unpaired) electrons. The van der Waals surface area contributed by atoms with Crippen LogP contribution >= 0.6 is 11.6 Å². The second-order valence-electron chi connectivity index (χ2n) is 2.41. The van der Waals surface area contributed by atoms with E-state index in [1.807, 2.05) is 13.8 Å². The van der Waals surface area contributed by atoms with Crippen LogP contribution in [0.2, 0.25) is 0 Å². The van der Waals surface area contributed by atoms with Gasteiger partial charge in [-0.1, -0.05) is 19.0 Å². The zero-order valence-corrected chi connectivity index (χ0v) is 7.06. The van der Waals surface area contributed by atoms with E-state index in [0.717, 1.165) is 0 Å². The smallest absolute Gasteiger partial charge is 0.154 e. The van der Waals surface area contributed by atoms with Crippen molar-refractivity contribution in [1.29, 1.82) is 0 Å². The molecular formula is C6H13ClN2O. The van der Waals surface area contributed by atoms with E-state index < -0.39 is 0 Å². The number of alkyl halides is 1. The van der Waals surface area contributed by atoms with Crippen LogP contribution in [-0.2, 0) is 4.84 Å². The third-order valence-corrected chi connectivity index (χ3v) is 1.00. The van der Waals surface area contributed by atoms with E-state index in [4.69, 9.17) is 22.2 Å². The van der Waals surface area contributed by atoms with Crippen molar-refractivity contribution in [3.63, 3.8) is 0 Å². The van der Waals surface area contributed by atoms with Crippen molar-refractivity contribution in [3.8, 4) is 0 Å². The van der Waals surface area contributed by atoms with Gasteiger partial charge < -0.3 is 10.6 Å². The van der Waals surface area contributed by atoms with E-state index in [0.29, 0.717) is 18.4 Å². The fourth-order valence-electron chi connectivity index (χ4n) is 0.294. The molecule has 10 heavy (non-hydrogen) atoms. The van der Waals surface area contributed by atoms with Gasteiger partial charge in [-0.2, -0.15) is 0 Å². The van der Waals surface area contributed by atoms with Crippen molar-refractivity contribution in [2.24, 2.45) is 16.8 Å². The van der Waals surface area contributed by atoms with Crippen LogP contribution in [0, 0.1) is 5.92 Å². The number of amidine groups is 1. The lowest BCUT2D eigenvalue weighted by Crippen LogP contribution is -2.14. The first-order valence-electron chi connectivity index (χ1n) is 3.17. The maximum absolute atomic E-state index is 5.33. The van der Waals surface area contributed by atoms with Crippen LogP contribution in [-0.4, -0.2) is 18.3 Å². The first-order valence-corrected chi connectivity index (χ1v) is 3.70. The highest BCUT2D eigenvalue weighted by Gasteiger charge is 1.92. The number of rotatable bonds is 4. The molecule has 0 fully saturated rings. The van der Waals surface area contributed by atoms with Crippen LogP contribution in [0.15, 0.2) is 5.16 Å². The van der Waals surface area contributed by atoms with E-state index in [-0.39, 0.29) is 5.88 Å². The number of oxime groups is 1. The van der Waals surface area contributed by atoms with Crippen molar-refractivity contribution in [2.75, 3.05) is 12.5 Å². The Morgan fingerprint density at radius 1 is 1.70 bits per heavy atom. The standard InChI is InChI=1S/C6H13ClN2O/c1-5(2)4-10-9-6(8)3-7/h5H,3-4H2,1-2H3,(H2,8,9). The fourth-order valence-corrected chi connectivity index (χ4v) is 0.342. The van der Waals surface area contributed by atoms with Crippen LogP contribution in [0.4, 0.5) is 0 Å². The monoisotopic (exact) mass is 164 g/mol. The van der Waals surface area contributed by atoms with Gasteiger partial charge in [0.1, 0.15) is 6.61 Å². The summed E-state index contributed by atoms with van der Waals surface area (Å²) in [5.74, 6) is 1.01. The minimum Gasteiger partial charge on any atom is -0.394 e. The lowest BCUT2D eigenvalue weighted by molar-refractivity contribution is 0.118. The molecule has 0 aromatic heterocycles. The van der Waals surface area contributed by atoms with Crippen molar-refractivity contribution in [3.05, 3.63) is 0 Å². The maximum atomic E-state index is 5.33. The third kappa shape index (κ3) is 5.69. The lowest BCUT2D eigenvalue weighted by atomic mass is 10.2. The van der Waals surface area contributed by atoms with Crippen LogP contribution in [0.1, 0.15) is 13.8 Å². The molecule has 3 nitrogen and oxygen atoms in total. The molecule has 0 aliphatic carbocycles. The van der Waals surface area contributed by atoms with Crippen LogP contribution in [0.5, 0.6) is 0 Å². The highest BCUT2D eigenvalue weighted by atomic mass is 35.5. The Morgan fingerprint density at radius 2 is 2.30 bits per heavy atom. The zero-order chi connectivity index (χ0) is 7.98. The molecule has 0 saturated heterocycles. The predicted molar refractivity (Wildman–Crippen MR) is 43.1 cm³/mol. The molecule has 2 N–H and O–H groups in total. The fraction of sp³-hybridized carbons (Fsp3) is 0.833. The normalized spacial score (nSPS) is 12.2. The topological polar surface area (TPSA) is 47.6 Å². The lowest BCUT2D eigenvalue weighted by Gasteiger charge is -2.01. The largest absolute Gasteiger partial charge is 0.394 e. The minimum atomic E-state index is 0.220. The van der Waals surface area contributed by atoms with Crippen LogP contribution in [0.3, 0.4) is 0 Å². The summed E-state index contributed by atoms with van der Waals surface area (Å²) in [6.07, 6.45) is 0. The van der Waals surface area contributed by atoms with Gasteiger partial charge in [-0.15, -0.1) is 11.6 Å². The number of hydrogen-bond donors (Lipinski definition) is 1. The van der Waals surface area contributed by atoms with Gasteiger partial charge in [0.15, 0.2) is 5.84 Å². The number of hydrogen-bond acceptors (Lipinski definition) is 2. The van der Waals surface area contributed by atoms with Gasteiger partial charge in [0.2, 0.25) is 0 Å². The van der Waals surface area contributed by atoms with E-state index in [1.54, 1.807) is 0 Å². The Kier molecular flexibility index (Phi) is 5.12. The molecule has 0 atom stereocenters. The molecular weight excluding hydrogens is 152 g/mol. The molecule has 0 saturated carbocycles. The molecule has 0 amide bonds. The van der Waals surface area contributed by atoms with Gasteiger partial charge in [0.25, 0.3) is 0 Å². The molecule has 60 valence electrons. The number of nitrogens with zero attached hydrogens (tertiary/aromatic N) is 1. The molecule has 0 bridgehead atoms. The highest BCUT2D eigenvalue weighted by molar-refractivity contribution is 6.27.